The molecule has 0 saturated heterocycles. The van der Waals surface area contributed by atoms with Gasteiger partial charge in [-0.1, -0.05) is 231 Å². The number of hydrogen-bond acceptors (Lipinski definition) is 5. The first-order chi connectivity index (χ1) is 33.2. The van der Waals surface area contributed by atoms with Gasteiger partial charge in [-0.15, -0.1) is 0 Å². The topological polar surface area (TPSA) is 63.1 Å². The summed E-state index contributed by atoms with van der Waals surface area (Å²) in [5.41, 5.74) is 15.6. The number of benzene rings is 9. The Labute approximate surface area is 390 Å². The van der Waals surface area contributed by atoms with Gasteiger partial charge in [0.2, 0.25) is 0 Å². The highest BCUT2D eigenvalue weighted by molar-refractivity contribution is 6.04. The zero-order chi connectivity index (χ0) is 44.6. The van der Waals surface area contributed by atoms with Gasteiger partial charge < -0.3 is 5.32 Å². The lowest BCUT2D eigenvalue weighted by Crippen LogP contribution is -2.31. The molecule has 0 fully saturated rings. The molecule has 67 heavy (non-hydrogen) atoms. The van der Waals surface area contributed by atoms with Gasteiger partial charge in [-0.05, 0) is 73.8 Å². The van der Waals surface area contributed by atoms with Crippen molar-refractivity contribution in [3.8, 4) is 56.4 Å². The van der Waals surface area contributed by atoms with E-state index in [4.69, 9.17) is 19.9 Å². The van der Waals surface area contributed by atoms with E-state index in [1.807, 2.05) is 42.5 Å². The number of hydrogen-bond donors (Lipinski definition) is 1. The fraction of sp³-hybridized carbons (Fsp3) is 0.0323. The number of nitrogens with one attached hydrogen (secondary N) is 1. The van der Waals surface area contributed by atoms with Gasteiger partial charge in [-0.25, -0.2) is 19.9 Å². The summed E-state index contributed by atoms with van der Waals surface area (Å²) in [5.74, 6) is 2.65. The third kappa shape index (κ3) is 7.14. The molecule has 5 heteroatoms. The van der Waals surface area contributed by atoms with Crippen LogP contribution in [0.5, 0.6) is 0 Å². The van der Waals surface area contributed by atoms with Crippen molar-refractivity contribution >= 4 is 11.5 Å². The minimum atomic E-state index is -0.599. The molecule has 316 valence electrons. The number of nitrogens with zero attached hydrogens (tertiary/aromatic N) is 4. The predicted molar refractivity (Wildman–Crippen MR) is 272 cm³/mol. The van der Waals surface area contributed by atoms with Crippen LogP contribution in [0.3, 0.4) is 0 Å². The molecule has 0 spiro atoms. The van der Waals surface area contributed by atoms with Crippen molar-refractivity contribution in [2.45, 2.75) is 11.5 Å². The Hall–Kier alpha value is -8.80. The molecule has 0 radical (unpaired) electrons. The fourth-order valence-corrected chi connectivity index (χ4v) is 9.94. The first kappa shape index (κ1) is 39.8. The van der Waals surface area contributed by atoms with Crippen LogP contribution < -0.4 is 5.32 Å². The Bertz CT molecular complexity index is 3350. The van der Waals surface area contributed by atoms with E-state index in [9.17, 15) is 0 Å². The molecule has 9 aromatic carbocycles. The van der Waals surface area contributed by atoms with E-state index in [0.717, 1.165) is 56.0 Å². The Morgan fingerprint density at radius 3 is 1.40 bits per heavy atom. The first-order valence-corrected chi connectivity index (χ1v) is 22.8. The van der Waals surface area contributed by atoms with E-state index in [-0.39, 0.29) is 6.04 Å². The number of rotatable bonds is 9. The van der Waals surface area contributed by atoms with Gasteiger partial charge in [0.25, 0.3) is 0 Å². The lowest BCUT2D eigenvalue weighted by molar-refractivity contribution is 0.769. The molecule has 0 amide bonds. The van der Waals surface area contributed by atoms with Crippen molar-refractivity contribution in [2.75, 3.05) is 0 Å². The maximum Gasteiger partial charge on any atom is 0.164 e. The number of aromatic nitrogens is 3. The van der Waals surface area contributed by atoms with Crippen LogP contribution in [0.2, 0.25) is 0 Å². The second kappa shape index (κ2) is 17.0. The second-order valence-electron chi connectivity index (χ2n) is 17.0. The van der Waals surface area contributed by atoms with Gasteiger partial charge in [0.15, 0.2) is 17.5 Å². The van der Waals surface area contributed by atoms with Crippen LogP contribution in [-0.2, 0) is 5.41 Å². The molecule has 1 unspecified atom stereocenters. The van der Waals surface area contributed by atoms with Crippen LogP contribution in [0, 0.1) is 0 Å². The summed E-state index contributed by atoms with van der Waals surface area (Å²) < 4.78 is 0. The van der Waals surface area contributed by atoms with Crippen molar-refractivity contribution < 1.29 is 0 Å². The summed E-state index contributed by atoms with van der Waals surface area (Å²) in [6, 6.07) is 85.6. The van der Waals surface area contributed by atoms with Gasteiger partial charge in [-0.2, -0.15) is 0 Å². The SMILES string of the molecule is C1=C(c2ccccc2)N=C(c2ccc(-c3cc4c(cc3-c3nc(-c5ccccc5)nc(-c5ccccc5)n3)-c3ccccc3C4(c3ccccc3)c3ccccc3)cc2)NC1c1ccccc1. The van der Waals surface area contributed by atoms with Crippen LogP contribution in [0.1, 0.15) is 45.0 Å². The molecular weight excluding hydrogens is 815 g/mol. The van der Waals surface area contributed by atoms with E-state index in [0.29, 0.717) is 17.5 Å². The monoisotopic (exact) mass is 857 g/mol. The summed E-state index contributed by atoms with van der Waals surface area (Å²) in [4.78, 5) is 21.0. The smallest absolute Gasteiger partial charge is 0.164 e. The molecule has 5 nitrogen and oxygen atoms in total. The Kier molecular flexibility index (Phi) is 10.1. The lowest BCUT2D eigenvalue weighted by Gasteiger charge is -2.34. The van der Waals surface area contributed by atoms with Gasteiger partial charge in [0.1, 0.15) is 5.84 Å². The second-order valence-corrected chi connectivity index (χ2v) is 17.0. The normalized spacial score (nSPS) is 14.5. The van der Waals surface area contributed by atoms with Crippen molar-refractivity contribution in [2.24, 2.45) is 4.99 Å². The standard InChI is InChI=1S/C62H43N5/c1-7-21-43(22-8-1)56-41-57(44-23-9-2-10-24-44)64-58(63-56)47-37-35-42(36-38-47)51-40-55-52(50-33-19-20-34-54(50)62(55,48-29-15-5-16-30-48)49-31-17-6-18-32-49)39-53(51)61-66-59(45-25-11-3-12-26-45)65-60(67-61)46-27-13-4-14-28-46/h1-41,56H,(H,63,64). The molecule has 1 aliphatic carbocycles. The van der Waals surface area contributed by atoms with Crippen LogP contribution >= 0.6 is 0 Å². The molecule has 1 atom stereocenters. The average Bonchev–Trinajstić information content (AvgIpc) is 3.72. The molecule has 1 aliphatic heterocycles. The molecular formula is C62H43N5. The van der Waals surface area contributed by atoms with E-state index in [1.54, 1.807) is 0 Å². The summed E-state index contributed by atoms with van der Waals surface area (Å²) in [5, 5.41) is 3.76. The molecule has 10 aromatic rings. The number of aliphatic imine (C=N–C) groups is 1. The van der Waals surface area contributed by atoms with Crippen LogP contribution in [0.25, 0.3) is 62.1 Å². The zero-order valence-corrected chi connectivity index (χ0v) is 36.5. The van der Waals surface area contributed by atoms with Crippen LogP contribution in [0.15, 0.2) is 254 Å². The van der Waals surface area contributed by atoms with Gasteiger partial charge in [0.05, 0.1) is 17.2 Å². The fourth-order valence-electron chi connectivity index (χ4n) is 9.94. The molecule has 1 N–H and O–H groups in total. The van der Waals surface area contributed by atoms with Gasteiger partial charge >= 0.3 is 0 Å². The summed E-state index contributed by atoms with van der Waals surface area (Å²) in [6.07, 6.45) is 2.21. The lowest BCUT2D eigenvalue weighted by atomic mass is 9.67. The molecule has 12 rings (SSSR count). The maximum atomic E-state index is 5.33. The predicted octanol–water partition coefficient (Wildman–Crippen LogP) is 14.0. The van der Waals surface area contributed by atoms with Gasteiger partial charge in [0, 0.05) is 22.3 Å². The minimum absolute atomic E-state index is 0.0564. The van der Waals surface area contributed by atoms with Crippen molar-refractivity contribution in [1.29, 1.82) is 0 Å². The van der Waals surface area contributed by atoms with E-state index >= 15 is 0 Å². The van der Waals surface area contributed by atoms with Crippen molar-refractivity contribution in [1.82, 2.24) is 20.3 Å². The quantitative estimate of drug-likeness (QED) is 0.157. The third-order valence-electron chi connectivity index (χ3n) is 13.1. The van der Waals surface area contributed by atoms with Crippen molar-refractivity contribution in [3.05, 3.63) is 288 Å². The molecule has 2 heterocycles. The Balaban J connectivity index is 1.09. The highest BCUT2D eigenvalue weighted by Gasteiger charge is 2.46. The van der Waals surface area contributed by atoms with E-state index < -0.39 is 5.41 Å². The number of amidine groups is 1. The highest BCUT2D eigenvalue weighted by atomic mass is 15.1. The molecule has 0 bridgehead atoms. The highest BCUT2D eigenvalue weighted by Crippen LogP contribution is 2.58. The Morgan fingerprint density at radius 1 is 0.343 bits per heavy atom. The molecule has 0 saturated carbocycles. The summed E-state index contributed by atoms with van der Waals surface area (Å²) >= 11 is 0. The summed E-state index contributed by atoms with van der Waals surface area (Å²) in [7, 11) is 0. The molecule has 1 aromatic heterocycles. The van der Waals surface area contributed by atoms with Crippen molar-refractivity contribution in [3.63, 3.8) is 0 Å². The summed E-state index contributed by atoms with van der Waals surface area (Å²) in [6.45, 7) is 0. The van der Waals surface area contributed by atoms with E-state index in [2.05, 4.69) is 212 Å². The molecule has 2 aliphatic rings. The number of fused-ring (bicyclic) bond motifs is 3. The largest absolute Gasteiger partial charge is 0.359 e. The minimum Gasteiger partial charge on any atom is -0.359 e. The van der Waals surface area contributed by atoms with Gasteiger partial charge in [-0.3, -0.25) is 0 Å². The third-order valence-corrected chi connectivity index (χ3v) is 13.1. The maximum absolute atomic E-state index is 5.33. The van der Waals surface area contributed by atoms with E-state index in [1.165, 1.54) is 33.4 Å². The Morgan fingerprint density at radius 2 is 0.821 bits per heavy atom. The first-order valence-electron chi connectivity index (χ1n) is 22.8. The average molecular weight is 858 g/mol. The van der Waals surface area contributed by atoms with Crippen LogP contribution in [0.4, 0.5) is 0 Å². The zero-order valence-electron chi connectivity index (χ0n) is 36.5. The van der Waals surface area contributed by atoms with Crippen LogP contribution in [-0.4, -0.2) is 20.8 Å².